The largest absolute Gasteiger partial charge is 0.419 e. The normalized spacial score (nSPS) is 14.5. The molecule has 2 N–H and O–H groups in total. The SMILES string of the molecule is Cc1ccc(NS(=O)(=O)c2c(C)[nH]c(-c3nnc(C4CC4)o3)c2C)cc1C. The second kappa shape index (κ2) is 6.23. The van der Waals surface area contributed by atoms with Crippen LogP contribution in [-0.4, -0.2) is 23.6 Å². The summed E-state index contributed by atoms with van der Waals surface area (Å²) >= 11 is 0. The quantitative estimate of drug-likeness (QED) is 0.691. The summed E-state index contributed by atoms with van der Waals surface area (Å²) in [5, 5.41) is 8.17. The van der Waals surface area contributed by atoms with Crippen LogP contribution in [0, 0.1) is 27.7 Å². The molecule has 1 fully saturated rings. The number of nitrogens with one attached hydrogen (secondary N) is 2. The van der Waals surface area contributed by atoms with E-state index < -0.39 is 10.0 Å². The van der Waals surface area contributed by atoms with E-state index in [0.717, 1.165) is 24.0 Å². The minimum Gasteiger partial charge on any atom is -0.419 e. The standard InChI is InChI=1S/C19H22N4O3S/c1-10-5-8-15(9-11(10)2)23-27(24,25)17-12(3)16(20-13(17)4)19-22-21-18(26-19)14-6-7-14/h5,8-9,14,20,23H,6-7H2,1-4H3. The van der Waals surface area contributed by atoms with Crippen LogP contribution in [0.25, 0.3) is 11.6 Å². The molecule has 7 nitrogen and oxygen atoms in total. The molecule has 0 aliphatic heterocycles. The highest BCUT2D eigenvalue weighted by atomic mass is 32.2. The molecule has 0 atom stereocenters. The number of rotatable bonds is 5. The number of H-pyrrole nitrogens is 1. The number of aryl methyl sites for hydroxylation is 3. The monoisotopic (exact) mass is 386 g/mol. The van der Waals surface area contributed by atoms with Crippen molar-refractivity contribution in [1.29, 1.82) is 0 Å². The van der Waals surface area contributed by atoms with Gasteiger partial charge in [-0.2, -0.15) is 0 Å². The molecule has 3 aromatic rings. The van der Waals surface area contributed by atoms with Gasteiger partial charge >= 0.3 is 0 Å². The highest BCUT2D eigenvalue weighted by molar-refractivity contribution is 7.92. The van der Waals surface area contributed by atoms with Gasteiger partial charge < -0.3 is 9.40 Å². The molecule has 1 aliphatic carbocycles. The predicted molar refractivity (Wildman–Crippen MR) is 102 cm³/mol. The Labute approximate surface area is 158 Å². The number of aromatic amines is 1. The topological polar surface area (TPSA) is 101 Å². The minimum atomic E-state index is -3.76. The van der Waals surface area contributed by atoms with E-state index in [1.165, 1.54) is 0 Å². The van der Waals surface area contributed by atoms with Crippen molar-refractivity contribution in [3.05, 3.63) is 46.5 Å². The lowest BCUT2D eigenvalue weighted by molar-refractivity contribution is 0.507. The summed E-state index contributed by atoms with van der Waals surface area (Å²) in [6, 6.07) is 5.48. The molecule has 0 radical (unpaired) electrons. The van der Waals surface area contributed by atoms with Crippen molar-refractivity contribution in [2.24, 2.45) is 0 Å². The van der Waals surface area contributed by atoms with Gasteiger partial charge in [-0.05, 0) is 63.8 Å². The third kappa shape index (κ3) is 3.25. The molecule has 2 heterocycles. The Morgan fingerprint density at radius 1 is 1.11 bits per heavy atom. The van der Waals surface area contributed by atoms with Crippen LogP contribution in [0.1, 0.15) is 47.0 Å². The van der Waals surface area contributed by atoms with Crippen LogP contribution >= 0.6 is 0 Å². The molecule has 0 spiro atoms. The minimum absolute atomic E-state index is 0.210. The molecular formula is C19H22N4O3S. The zero-order chi connectivity index (χ0) is 19.3. The van der Waals surface area contributed by atoms with Crippen LogP contribution in [0.2, 0.25) is 0 Å². The maximum absolute atomic E-state index is 13.0. The molecule has 4 rings (SSSR count). The highest BCUT2D eigenvalue weighted by Crippen LogP contribution is 2.40. The van der Waals surface area contributed by atoms with Crippen molar-refractivity contribution in [2.45, 2.75) is 51.3 Å². The van der Waals surface area contributed by atoms with Gasteiger partial charge in [0.15, 0.2) is 0 Å². The first kappa shape index (κ1) is 17.8. The number of hydrogen-bond acceptors (Lipinski definition) is 5. The fraction of sp³-hybridized carbons (Fsp3) is 0.368. The van der Waals surface area contributed by atoms with E-state index in [1.807, 2.05) is 26.0 Å². The van der Waals surface area contributed by atoms with Crippen molar-refractivity contribution in [1.82, 2.24) is 15.2 Å². The average Bonchev–Trinajstić information content (AvgIpc) is 3.24. The van der Waals surface area contributed by atoms with Gasteiger partial charge in [-0.15, -0.1) is 10.2 Å². The Morgan fingerprint density at radius 2 is 1.85 bits per heavy atom. The molecule has 27 heavy (non-hydrogen) atoms. The zero-order valence-corrected chi connectivity index (χ0v) is 16.6. The lowest BCUT2D eigenvalue weighted by Crippen LogP contribution is -2.14. The van der Waals surface area contributed by atoms with Crippen LogP contribution in [-0.2, 0) is 10.0 Å². The fourth-order valence-electron chi connectivity index (χ4n) is 3.19. The Bertz CT molecular complexity index is 1120. The number of benzene rings is 1. The number of anilines is 1. The summed E-state index contributed by atoms with van der Waals surface area (Å²) in [6.07, 6.45) is 2.12. The van der Waals surface area contributed by atoms with Gasteiger partial charge in [0, 0.05) is 22.9 Å². The maximum atomic E-state index is 13.0. The van der Waals surface area contributed by atoms with Crippen molar-refractivity contribution in [2.75, 3.05) is 4.72 Å². The van der Waals surface area contributed by atoms with Gasteiger partial charge in [0.1, 0.15) is 10.6 Å². The molecule has 0 unspecified atom stereocenters. The first-order valence-corrected chi connectivity index (χ1v) is 10.4. The number of nitrogens with zero attached hydrogens (tertiary/aromatic N) is 2. The van der Waals surface area contributed by atoms with E-state index in [4.69, 9.17) is 4.42 Å². The number of aromatic nitrogens is 3. The molecule has 1 aromatic carbocycles. The van der Waals surface area contributed by atoms with E-state index in [2.05, 4.69) is 19.9 Å². The van der Waals surface area contributed by atoms with Gasteiger partial charge in [0.05, 0.1) is 0 Å². The van der Waals surface area contributed by atoms with Gasteiger partial charge in [-0.25, -0.2) is 8.42 Å². The summed E-state index contributed by atoms with van der Waals surface area (Å²) in [4.78, 5) is 3.31. The summed E-state index contributed by atoms with van der Waals surface area (Å²) < 4.78 is 34.4. The second-order valence-electron chi connectivity index (χ2n) is 7.20. The van der Waals surface area contributed by atoms with Gasteiger partial charge in [-0.1, -0.05) is 6.07 Å². The predicted octanol–water partition coefficient (Wildman–Crippen LogP) is 3.98. The van der Waals surface area contributed by atoms with E-state index in [-0.39, 0.29) is 4.90 Å². The maximum Gasteiger partial charge on any atom is 0.264 e. The second-order valence-corrected chi connectivity index (χ2v) is 8.82. The van der Waals surface area contributed by atoms with Crippen molar-refractivity contribution < 1.29 is 12.8 Å². The summed E-state index contributed by atoms with van der Waals surface area (Å²) in [5.74, 6) is 1.29. The first-order chi connectivity index (χ1) is 12.8. The molecule has 1 aliphatic rings. The molecule has 0 bridgehead atoms. The average molecular weight is 386 g/mol. The summed E-state index contributed by atoms with van der Waals surface area (Å²) in [7, 11) is -3.76. The van der Waals surface area contributed by atoms with Crippen molar-refractivity contribution >= 4 is 15.7 Å². The molecule has 2 aromatic heterocycles. The lowest BCUT2D eigenvalue weighted by atomic mass is 10.1. The van der Waals surface area contributed by atoms with E-state index in [0.29, 0.717) is 40.3 Å². The number of sulfonamides is 1. The molecule has 142 valence electrons. The van der Waals surface area contributed by atoms with E-state index in [1.54, 1.807) is 19.9 Å². The van der Waals surface area contributed by atoms with Crippen LogP contribution in [0.5, 0.6) is 0 Å². The van der Waals surface area contributed by atoms with Crippen LogP contribution in [0.4, 0.5) is 5.69 Å². The van der Waals surface area contributed by atoms with Crippen LogP contribution in [0.15, 0.2) is 27.5 Å². The Kier molecular flexibility index (Phi) is 4.10. The molecule has 0 amide bonds. The fourth-order valence-corrected chi connectivity index (χ4v) is 4.69. The molecular weight excluding hydrogens is 364 g/mol. The highest BCUT2D eigenvalue weighted by Gasteiger charge is 2.31. The smallest absolute Gasteiger partial charge is 0.264 e. The van der Waals surface area contributed by atoms with Crippen LogP contribution < -0.4 is 4.72 Å². The summed E-state index contributed by atoms with van der Waals surface area (Å²) in [5.41, 5.74) is 4.31. The third-order valence-electron chi connectivity index (χ3n) is 4.98. The third-order valence-corrected chi connectivity index (χ3v) is 6.63. The van der Waals surface area contributed by atoms with Gasteiger partial charge in [-0.3, -0.25) is 4.72 Å². The van der Waals surface area contributed by atoms with E-state index >= 15 is 0 Å². The zero-order valence-electron chi connectivity index (χ0n) is 15.8. The molecule has 1 saturated carbocycles. The Balaban J connectivity index is 1.69. The van der Waals surface area contributed by atoms with E-state index in [9.17, 15) is 8.42 Å². The van der Waals surface area contributed by atoms with Gasteiger partial charge in [0.25, 0.3) is 15.9 Å². The molecule has 0 saturated heterocycles. The Morgan fingerprint density at radius 3 is 2.52 bits per heavy atom. The molecule has 8 heteroatoms. The lowest BCUT2D eigenvalue weighted by Gasteiger charge is -2.10. The Hall–Kier alpha value is -2.61. The van der Waals surface area contributed by atoms with Crippen molar-refractivity contribution in [3.63, 3.8) is 0 Å². The summed E-state index contributed by atoms with van der Waals surface area (Å²) in [6.45, 7) is 7.41. The van der Waals surface area contributed by atoms with Crippen LogP contribution in [0.3, 0.4) is 0 Å². The van der Waals surface area contributed by atoms with Crippen molar-refractivity contribution in [3.8, 4) is 11.6 Å². The first-order valence-electron chi connectivity index (χ1n) is 8.89. The number of hydrogen-bond donors (Lipinski definition) is 2. The van der Waals surface area contributed by atoms with Gasteiger partial charge in [0.2, 0.25) is 5.89 Å².